The van der Waals surface area contributed by atoms with Crippen LogP contribution in [0.1, 0.15) is 37.4 Å². The van der Waals surface area contributed by atoms with E-state index in [2.05, 4.69) is 17.3 Å². The van der Waals surface area contributed by atoms with E-state index < -0.39 is 6.10 Å². The van der Waals surface area contributed by atoms with Gasteiger partial charge in [-0.2, -0.15) is 0 Å². The second kappa shape index (κ2) is 5.61. The molecule has 3 heteroatoms. The quantitative estimate of drug-likeness (QED) is 0.868. The average Bonchev–Trinajstić information content (AvgIpc) is 2.68. The lowest BCUT2D eigenvalue weighted by Crippen LogP contribution is -2.47. The Morgan fingerprint density at radius 2 is 1.84 bits per heavy atom. The minimum Gasteiger partial charge on any atom is -0.387 e. The largest absolute Gasteiger partial charge is 0.387 e. The molecule has 3 atom stereocenters. The standard InChI is InChI=1S/C16H24N2O/c1-18-14-7-8-15(18)10-13(9-14)17-11-16(19)12-5-3-2-4-6-12/h2-6,13-17,19H,7-11H2,1H3. The fourth-order valence-electron chi connectivity index (χ4n) is 3.65. The fourth-order valence-corrected chi connectivity index (χ4v) is 3.65. The number of rotatable bonds is 4. The summed E-state index contributed by atoms with van der Waals surface area (Å²) in [6.07, 6.45) is 4.77. The third kappa shape index (κ3) is 2.83. The lowest BCUT2D eigenvalue weighted by molar-refractivity contribution is 0.127. The zero-order chi connectivity index (χ0) is 13.2. The summed E-state index contributed by atoms with van der Waals surface area (Å²) in [6, 6.07) is 12.0. The van der Waals surface area contributed by atoms with Crippen LogP contribution in [0.3, 0.4) is 0 Å². The number of benzene rings is 1. The molecule has 2 saturated heterocycles. The second-order valence-electron chi connectivity index (χ2n) is 6.05. The maximum Gasteiger partial charge on any atom is 0.0914 e. The molecule has 2 N–H and O–H groups in total. The molecule has 1 aromatic carbocycles. The van der Waals surface area contributed by atoms with E-state index in [9.17, 15) is 5.11 Å². The third-order valence-corrected chi connectivity index (χ3v) is 4.88. The van der Waals surface area contributed by atoms with Crippen molar-refractivity contribution >= 4 is 0 Å². The maximum atomic E-state index is 10.2. The molecule has 2 heterocycles. The number of fused-ring (bicyclic) bond motifs is 2. The highest BCUT2D eigenvalue weighted by Crippen LogP contribution is 2.34. The Labute approximate surface area is 115 Å². The van der Waals surface area contributed by atoms with E-state index >= 15 is 0 Å². The molecular weight excluding hydrogens is 236 g/mol. The SMILES string of the molecule is CN1C2CCC1CC(NCC(O)c1ccccc1)C2. The molecule has 1 aromatic rings. The van der Waals surface area contributed by atoms with Crippen LogP contribution in [0.5, 0.6) is 0 Å². The number of aliphatic hydroxyl groups excluding tert-OH is 1. The Balaban J connectivity index is 1.51. The van der Waals surface area contributed by atoms with Crippen molar-refractivity contribution in [3.05, 3.63) is 35.9 Å². The van der Waals surface area contributed by atoms with Gasteiger partial charge in [0.1, 0.15) is 0 Å². The van der Waals surface area contributed by atoms with Crippen LogP contribution in [-0.2, 0) is 0 Å². The number of aliphatic hydroxyl groups is 1. The Morgan fingerprint density at radius 3 is 2.47 bits per heavy atom. The normalized spacial score (nSPS) is 32.4. The van der Waals surface area contributed by atoms with Crippen molar-refractivity contribution in [3.8, 4) is 0 Å². The van der Waals surface area contributed by atoms with E-state index in [1.54, 1.807) is 0 Å². The van der Waals surface area contributed by atoms with Crippen molar-refractivity contribution in [2.45, 2.75) is 49.9 Å². The first kappa shape index (κ1) is 13.1. The summed E-state index contributed by atoms with van der Waals surface area (Å²) in [4.78, 5) is 2.55. The Kier molecular flexibility index (Phi) is 3.87. The maximum absolute atomic E-state index is 10.2. The van der Waals surface area contributed by atoms with Crippen molar-refractivity contribution < 1.29 is 5.11 Å². The molecule has 104 valence electrons. The molecule has 0 spiro atoms. The molecular formula is C16H24N2O. The van der Waals surface area contributed by atoms with Crippen LogP contribution in [0.15, 0.2) is 30.3 Å². The minimum absolute atomic E-state index is 0.390. The highest BCUT2D eigenvalue weighted by atomic mass is 16.3. The Hall–Kier alpha value is -0.900. The first-order valence-corrected chi connectivity index (χ1v) is 7.42. The zero-order valence-corrected chi connectivity index (χ0v) is 11.6. The third-order valence-electron chi connectivity index (χ3n) is 4.88. The summed E-state index contributed by atoms with van der Waals surface area (Å²) in [6.45, 7) is 0.665. The zero-order valence-electron chi connectivity index (χ0n) is 11.6. The molecule has 3 nitrogen and oxygen atoms in total. The van der Waals surface area contributed by atoms with Gasteiger partial charge >= 0.3 is 0 Å². The molecule has 2 aliphatic heterocycles. The molecule has 0 saturated carbocycles. The topological polar surface area (TPSA) is 35.5 Å². The van der Waals surface area contributed by atoms with Gasteiger partial charge in [-0.3, -0.25) is 0 Å². The summed E-state index contributed by atoms with van der Waals surface area (Å²) in [5, 5.41) is 13.7. The molecule has 2 bridgehead atoms. The van der Waals surface area contributed by atoms with Crippen molar-refractivity contribution in [3.63, 3.8) is 0 Å². The number of hydrogen-bond acceptors (Lipinski definition) is 3. The average molecular weight is 260 g/mol. The number of hydrogen-bond donors (Lipinski definition) is 2. The predicted octanol–water partition coefficient (Wildman–Crippen LogP) is 1.93. The van der Waals surface area contributed by atoms with Crippen LogP contribution < -0.4 is 5.32 Å². The van der Waals surface area contributed by atoms with Gasteiger partial charge in [-0.05, 0) is 38.3 Å². The highest BCUT2D eigenvalue weighted by Gasteiger charge is 2.38. The lowest BCUT2D eigenvalue weighted by atomic mass is 9.97. The van der Waals surface area contributed by atoms with Crippen LogP contribution in [0.2, 0.25) is 0 Å². The summed E-state index contributed by atoms with van der Waals surface area (Å²) in [5.74, 6) is 0. The highest BCUT2D eigenvalue weighted by molar-refractivity contribution is 5.17. The number of piperidine rings is 1. The van der Waals surface area contributed by atoms with Gasteiger partial charge < -0.3 is 15.3 Å². The van der Waals surface area contributed by atoms with Crippen molar-refractivity contribution in [2.24, 2.45) is 0 Å². The summed E-state index contributed by atoms with van der Waals surface area (Å²) in [7, 11) is 2.26. The van der Waals surface area contributed by atoms with Crippen molar-refractivity contribution in [1.29, 1.82) is 0 Å². The van der Waals surface area contributed by atoms with Gasteiger partial charge in [0.2, 0.25) is 0 Å². The molecule has 2 fully saturated rings. The fraction of sp³-hybridized carbons (Fsp3) is 0.625. The van der Waals surface area contributed by atoms with Gasteiger partial charge in [0, 0.05) is 24.7 Å². The summed E-state index contributed by atoms with van der Waals surface area (Å²) >= 11 is 0. The number of nitrogens with zero attached hydrogens (tertiary/aromatic N) is 1. The Morgan fingerprint density at radius 1 is 1.21 bits per heavy atom. The molecule has 19 heavy (non-hydrogen) atoms. The van der Waals surface area contributed by atoms with Gasteiger partial charge in [0.05, 0.1) is 6.10 Å². The Bertz CT molecular complexity index is 394. The monoisotopic (exact) mass is 260 g/mol. The first-order chi connectivity index (χ1) is 9.24. The lowest BCUT2D eigenvalue weighted by Gasteiger charge is -2.37. The van der Waals surface area contributed by atoms with Crippen LogP contribution in [0.4, 0.5) is 0 Å². The van der Waals surface area contributed by atoms with E-state index in [-0.39, 0.29) is 0 Å². The van der Waals surface area contributed by atoms with E-state index in [1.807, 2.05) is 30.3 Å². The molecule has 0 amide bonds. The van der Waals surface area contributed by atoms with Crippen LogP contribution in [0.25, 0.3) is 0 Å². The molecule has 0 aromatic heterocycles. The predicted molar refractivity (Wildman–Crippen MR) is 77.0 cm³/mol. The molecule has 0 radical (unpaired) electrons. The van der Waals surface area contributed by atoms with Gasteiger partial charge in [-0.15, -0.1) is 0 Å². The smallest absolute Gasteiger partial charge is 0.0914 e. The number of nitrogens with one attached hydrogen (secondary N) is 1. The summed E-state index contributed by atoms with van der Waals surface area (Å²) in [5.41, 5.74) is 1.01. The van der Waals surface area contributed by atoms with Gasteiger partial charge in [0.15, 0.2) is 0 Å². The molecule has 0 aliphatic carbocycles. The minimum atomic E-state index is -0.390. The van der Waals surface area contributed by atoms with E-state index in [4.69, 9.17) is 0 Å². The summed E-state index contributed by atoms with van der Waals surface area (Å²) < 4.78 is 0. The first-order valence-electron chi connectivity index (χ1n) is 7.42. The van der Waals surface area contributed by atoms with Crippen LogP contribution in [-0.4, -0.2) is 41.7 Å². The van der Waals surface area contributed by atoms with E-state index in [1.165, 1.54) is 25.7 Å². The van der Waals surface area contributed by atoms with Crippen molar-refractivity contribution in [1.82, 2.24) is 10.2 Å². The molecule has 2 aliphatic rings. The second-order valence-corrected chi connectivity index (χ2v) is 6.05. The van der Waals surface area contributed by atoms with Gasteiger partial charge in [-0.25, -0.2) is 0 Å². The van der Waals surface area contributed by atoms with Gasteiger partial charge in [-0.1, -0.05) is 30.3 Å². The van der Waals surface area contributed by atoms with Crippen LogP contribution >= 0.6 is 0 Å². The molecule has 3 rings (SSSR count). The molecule has 3 unspecified atom stereocenters. The van der Waals surface area contributed by atoms with Gasteiger partial charge in [0.25, 0.3) is 0 Å². The van der Waals surface area contributed by atoms with Crippen LogP contribution in [0, 0.1) is 0 Å². The van der Waals surface area contributed by atoms with E-state index in [0.29, 0.717) is 12.6 Å². The van der Waals surface area contributed by atoms with E-state index in [0.717, 1.165) is 17.6 Å². The van der Waals surface area contributed by atoms with Crippen molar-refractivity contribution in [2.75, 3.05) is 13.6 Å².